The van der Waals surface area contributed by atoms with Gasteiger partial charge in [-0.2, -0.15) is 0 Å². The summed E-state index contributed by atoms with van der Waals surface area (Å²) in [5, 5.41) is 10.1. The van der Waals surface area contributed by atoms with Gasteiger partial charge in [0.15, 0.2) is 12.7 Å². The van der Waals surface area contributed by atoms with Crippen LogP contribution in [0.4, 0.5) is 5.69 Å². The second kappa shape index (κ2) is 9.33. The highest BCUT2D eigenvalue weighted by molar-refractivity contribution is 5.96. The number of carbonyl (C=O) groups is 2. The van der Waals surface area contributed by atoms with Crippen LogP contribution in [0.15, 0.2) is 60.7 Å². The molecule has 1 atom stereocenters. The second-order valence-corrected chi connectivity index (χ2v) is 6.81. The summed E-state index contributed by atoms with van der Waals surface area (Å²) >= 11 is 0. The number of hydrogen-bond acceptors (Lipinski definition) is 4. The standard InChI is InChI=1S/C22H25NO4/c24-20(16-27-22(26)21(25)17-10-4-1-5-11-17)23(18-12-6-2-7-13-18)19-14-8-3-9-15-19/h1-2,4-7,10-13,19,21,25H,3,8-9,14-16H2/t21-/m0/s1. The van der Waals surface area contributed by atoms with Gasteiger partial charge in [0.2, 0.25) is 0 Å². The van der Waals surface area contributed by atoms with Crippen LogP contribution >= 0.6 is 0 Å². The van der Waals surface area contributed by atoms with Gasteiger partial charge >= 0.3 is 5.97 Å². The van der Waals surface area contributed by atoms with Crippen LogP contribution in [0.5, 0.6) is 0 Å². The maximum atomic E-state index is 12.9. The van der Waals surface area contributed by atoms with Gasteiger partial charge in [0.1, 0.15) is 0 Å². The van der Waals surface area contributed by atoms with Crippen LogP contribution in [-0.4, -0.2) is 29.6 Å². The van der Waals surface area contributed by atoms with Crippen molar-refractivity contribution in [3.8, 4) is 0 Å². The number of aliphatic hydroxyl groups is 1. The largest absolute Gasteiger partial charge is 0.453 e. The van der Waals surface area contributed by atoms with Gasteiger partial charge < -0.3 is 14.7 Å². The molecule has 0 heterocycles. The van der Waals surface area contributed by atoms with Gasteiger partial charge in [-0.15, -0.1) is 0 Å². The molecule has 0 aromatic heterocycles. The molecule has 1 aliphatic rings. The number of anilines is 1. The number of ether oxygens (including phenoxy) is 1. The van der Waals surface area contributed by atoms with Crippen molar-refractivity contribution in [1.29, 1.82) is 0 Å². The number of carbonyl (C=O) groups excluding carboxylic acids is 2. The molecule has 142 valence electrons. The van der Waals surface area contributed by atoms with Crippen LogP contribution < -0.4 is 4.90 Å². The number of para-hydroxylation sites is 1. The Morgan fingerprint density at radius 2 is 1.56 bits per heavy atom. The van der Waals surface area contributed by atoms with Gasteiger partial charge in [0.05, 0.1) is 0 Å². The summed E-state index contributed by atoms with van der Waals surface area (Å²) in [5.74, 6) is -1.08. The lowest BCUT2D eigenvalue weighted by Crippen LogP contribution is -2.44. The summed E-state index contributed by atoms with van der Waals surface area (Å²) in [6.45, 7) is -0.381. The molecule has 0 bridgehead atoms. The van der Waals surface area contributed by atoms with E-state index in [4.69, 9.17) is 4.74 Å². The van der Waals surface area contributed by atoms with Crippen LogP contribution in [0.1, 0.15) is 43.8 Å². The first-order chi connectivity index (χ1) is 13.2. The molecule has 5 heteroatoms. The number of aliphatic hydroxyl groups excluding tert-OH is 1. The molecule has 0 unspecified atom stereocenters. The van der Waals surface area contributed by atoms with Crippen molar-refractivity contribution < 1.29 is 19.4 Å². The lowest BCUT2D eigenvalue weighted by molar-refractivity contribution is -0.156. The smallest absolute Gasteiger partial charge is 0.340 e. The monoisotopic (exact) mass is 367 g/mol. The zero-order valence-corrected chi connectivity index (χ0v) is 15.3. The van der Waals surface area contributed by atoms with Crippen molar-refractivity contribution in [2.45, 2.75) is 44.2 Å². The molecule has 5 nitrogen and oxygen atoms in total. The topological polar surface area (TPSA) is 66.8 Å². The maximum absolute atomic E-state index is 12.9. The third kappa shape index (κ3) is 4.95. The van der Waals surface area contributed by atoms with Crippen LogP contribution in [0.25, 0.3) is 0 Å². The van der Waals surface area contributed by atoms with Crippen molar-refractivity contribution in [2.24, 2.45) is 0 Å². The summed E-state index contributed by atoms with van der Waals surface area (Å²) < 4.78 is 5.13. The Hall–Kier alpha value is -2.66. The highest BCUT2D eigenvalue weighted by Crippen LogP contribution is 2.27. The normalized spacial score (nSPS) is 15.7. The third-order valence-corrected chi connectivity index (χ3v) is 4.92. The second-order valence-electron chi connectivity index (χ2n) is 6.81. The minimum absolute atomic E-state index is 0.117. The van der Waals surface area contributed by atoms with Gasteiger partial charge in [-0.3, -0.25) is 4.79 Å². The fraction of sp³-hybridized carbons (Fsp3) is 0.364. The molecular weight excluding hydrogens is 342 g/mol. The molecule has 0 aliphatic heterocycles. The fourth-order valence-corrected chi connectivity index (χ4v) is 3.54. The van der Waals surface area contributed by atoms with Crippen LogP contribution in [0, 0.1) is 0 Å². The minimum atomic E-state index is -1.39. The molecule has 3 rings (SSSR count). The van der Waals surface area contributed by atoms with E-state index < -0.39 is 12.1 Å². The predicted octanol–water partition coefficient (Wildman–Crippen LogP) is 3.63. The number of esters is 1. The molecule has 1 aliphatic carbocycles. The third-order valence-electron chi connectivity index (χ3n) is 4.92. The van der Waals surface area contributed by atoms with E-state index in [1.165, 1.54) is 6.42 Å². The zero-order chi connectivity index (χ0) is 19.1. The van der Waals surface area contributed by atoms with Crippen LogP contribution in [0.2, 0.25) is 0 Å². The number of rotatable bonds is 6. The molecule has 2 aromatic rings. The first kappa shape index (κ1) is 19.1. The SMILES string of the molecule is O=C(OCC(=O)N(c1ccccc1)C1CCCCC1)[C@@H](O)c1ccccc1. The number of hydrogen-bond donors (Lipinski definition) is 1. The van der Waals surface area contributed by atoms with Crippen molar-refractivity contribution in [3.63, 3.8) is 0 Å². The predicted molar refractivity (Wildman–Crippen MR) is 103 cm³/mol. The average Bonchev–Trinajstić information content (AvgIpc) is 2.74. The zero-order valence-electron chi connectivity index (χ0n) is 15.3. The molecule has 1 fully saturated rings. The molecule has 0 saturated heterocycles. The Morgan fingerprint density at radius 3 is 2.19 bits per heavy atom. The lowest BCUT2D eigenvalue weighted by atomic mass is 9.93. The van der Waals surface area contributed by atoms with Gasteiger partial charge in [-0.1, -0.05) is 67.8 Å². The molecule has 1 N–H and O–H groups in total. The summed E-state index contributed by atoms with van der Waals surface area (Å²) in [6, 6.07) is 18.2. The Balaban J connectivity index is 1.66. The van der Waals surface area contributed by atoms with E-state index in [0.717, 1.165) is 31.4 Å². The maximum Gasteiger partial charge on any atom is 0.340 e. The average molecular weight is 367 g/mol. The first-order valence-corrected chi connectivity index (χ1v) is 9.43. The van der Waals surface area contributed by atoms with Crippen molar-refractivity contribution >= 4 is 17.6 Å². The molecular formula is C22H25NO4. The van der Waals surface area contributed by atoms with Crippen molar-refractivity contribution in [2.75, 3.05) is 11.5 Å². The van der Waals surface area contributed by atoms with Gasteiger partial charge in [-0.25, -0.2) is 4.79 Å². The molecule has 0 radical (unpaired) electrons. The number of benzene rings is 2. The molecule has 1 amide bonds. The molecule has 0 spiro atoms. The van der Waals surface area contributed by atoms with E-state index in [9.17, 15) is 14.7 Å². The van der Waals surface area contributed by atoms with Crippen molar-refractivity contribution in [1.82, 2.24) is 0 Å². The lowest BCUT2D eigenvalue weighted by Gasteiger charge is -2.34. The number of amides is 1. The summed E-state index contributed by atoms with van der Waals surface area (Å²) in [6.07, 6.45) is 3.87. The Kier molecular flexibility index (Phi) is 6.60. The van der Waals surface area contributed by atoms with Crippen LogP contribution in [-0.2, 0) is 14.3 Å². The Bertz CT molecular complexity index is 741. The van der Waals surface area contributed by atoms with Gasteiger partial charge in [0.25, 0.3) is 5.91 Å². The fourth-order valence-electron chi connectivity index (χ4n) is 3.54. The van der Waals surface area contributed by atoms with Crippen molar-refractivity contribution in [3.05, 3.63) is 66.2 Å². The van der Waals surface area contributed by atoms with E-state index in [-0.39, 0.29) is 18.6 Å². The Morgan fingerprint density at radius 1 is 0.963 bits per heavy atom. The van der Waals surface area contributed by atoms with Gasteiger partial charge in [0, 0.05) is 11.7 Å². The van der Waals surface area contributed by atoms with E-state index in [1.807, 2.05) is 30.3 Å². The first-order valence-electron chi connectivity index (χ1n) is 9.43. The van der Waals surface area contributed by atoms with E-state index in [1.54, 1.807) is 35.2 Å². The highest BCUT2D eigenvalue weighted by atomic mass is 16.5. The summed E-state index contributed by atoms with van der Waals surface area (Å²) in [5.41, 5.74) is 1.26. The summed E-state index contributed by atoms with van der Waals surface area (Å²) in [7, 11) is 0. The highest BCUT2D eigenvalue weighted by Gasteiger charge is 2.28. The van der Waals surface area contributed by atoms with E-state index in [0.29, 0.717) is 5.56 Å². The summed E-state index contributed by atoms with van der Waals surface area (Å²) in [4.78, 5) is 26.8. The number of nitrogens with zero attached hydrogens (tertiary/aromatic N) is 1. The van der Waals surface area contributed by atoms with E-state index >= 15 is 0 Å². The molecule has 27 heavy (non-hydrogen) atoms. The quantitative estimate of drug-likeness (QED) is 0.792. The van der Waals surface area contributed by atoms with E-state index in [2.05, 4.69) is 0 Å². The molecule has 2 aromatic carbocycles. The van der Waals surface area contributed by atoms with Crippen LogP contribution in [0.3, 0.4) is 0 Å². The molecule has 1 saturated carbocycles. The Labute approximate surface area is 159 Å². The minimum Gasteiger partial charge on any atom is -0.453 e. The van der Waals surface area contributed by atoms with Gasteiger partial charge in [-0.05, 0) is 30.5 Å².